The van der Waals surface area contributed by atoms with Crippen LogP contribution in [0.4, 0.5) is 5.69 Å². The molecule has 0 aliphatic carbocycles. The number of nitrogens with zero attached hydrogens (tertiary/aromatic N) is 2. The SMILES string of the molecule is O=C(O)CCCCCNC(=O)c1cc(-c2ccc([N+](=O)[O-])cc2)n[nH]1. The standard InChI is InChI=1S/C16H18N4O5/c21-15(22)4-2-1-3-9-17-16(23)14-10-13(18-19-14)11-5-7-12(8-6-11)20(24)25/h5-8,10H,1-4,9H2,(H,17,23)(H,18,19)(H,21,22). The summed E-state index contributed by atoms with van der Waals surface area (Å²) in [7, 11) is 0. The molecule has 1 heterocycles. The maximum absolute atomic E-state index is 12.0. The van der Waals surface area contributed by atoms with Crippen molar-refractivity contribution in [2.45, 2.75) is 25.7 Å². The highest BCUT2D eigenvalue weighted by atomic mass is 16.6. The summed E-state index contributed by atoms with van der Waals surface area (Å²) in [6.45, 7) is 0.449. The molecule has 0 aliphatic heterocycles. The molecular formula is C16H18N4O5. The Hall–Kier alpha value is -3.23. The van der Waals surface area contributed by atoms with Gasteiger partial charge in [-0.3, -0.25) is 24.8 Å². The second-order valence-electron chi connectivity index (χ2n) is 5.43. The van der Waals surface area contributed by atoms with E-state index in [0.717, 1.165) is 6.42 Å². The average Bonchev–Trinajstić information content (AvgIpc) is 3.07. The normalized spacial score (nSPS) is 10.4. The number of nitro groups is 1. The molecule has 9 heteroatoms. The Labute approximate surface area is 143 Å². The van der Waals surface area contributed by atoms with E-state index < -0.39 is 10.9 Å². The molecule has 0 radical (unpaired) electrons. The molecule has 0 unspecified atom stereocenters. The molecule has 2 rings (SSSR count). The van der Waals surface area contributed by atoms with Gasteiger partial charge in [-0.2, -0.15) is 5.10 Å². The number of hydrogen-bond donors (Lipinski definition) is 3. The number of unbranched alkanes of at least 4 members (excludes halogenated alkanes) is 2. The first-order valence-corrected chi connectivity index (χ1v) is 7.77. The number of carbonyl (C=O) groups is 2. The van der Waals surface area contributed by atoms with Crippen molar-refractivity contribution in [3.05, 3.63) is 46.1 Å². The first kappa shape index (κ1) is 18.1. The van der Waals surface area contributed by atoms with Gasteiger partial charge in [-0.1, -0.05) is 6.42 Å². The van der Waals surface area contributed by atoms with Crippen LogP contribution in [0.3, 0.4) is 0 Å². The molecule has 0 saturated carbocycles. The van der Waals surface area contributed by atoms with E-state index in [9.17, 15) is 19.7 Å². The molecule has 1 aromatic heterocycles. The number of nitro benzene ring substituents is 1. The van der Waals surface area contributed by atoms with Gasteiger partial charge in [0, 0.05) is 30.7 Å². The average molecular weight is 346 g/mol. The van der Waals surface area contributed by atoms with Gasteiger partial charge in [-0.05, 0) is 31.0 Å². The van der Waals surface area contributed by atoms with E-state index in [0.29, 0.717) is 36.3 Å². The van der Waals surface area contributed by atoms with Crippen molar-refractivity contribution in [2.24, 2.45) is 0 Å². The number of benzene rings is 1. The second-order valence-corrected chi connectivity index (χ2v) is 5.43. The summed E-state index contributed by atoms with van der Waals surface area (Å²) in [5, 5.41) is 28.6. The van der Waals surface area contributed by atoms with E-state index in [1.807, 2.05) is 0 Å². The van der Waals surface area contributed by atoms with Crippen molar-refractivity contribution in [3.8, 4) is 11.3 Å². The molecule has 25 heavy (non-hydrogen) atoms. The number of rotatable bonds is 9. The minimum atomic E-state index is -0.819. The highest BCUT2D eigenvalue weighted by Gasteiger charge is 2.12. The monoisotopic (exact) mass is 346 g/mol. The van der Waals surface area contributed by atoms with E-state index in [1.54, 1.807) is 18.2 Å². The molecular weight excluding hydrogens is 328 g/mol. The van der Waals surface area contributed by atoms with Crippen molar-refractivity contribution < 1.29 is 19.6 Å². The van der Waals surface area contributed by atoms with Gasteiger partial charge in [0.25, 0.3) is 11.6 Å². The van der Waals surface area contributed by atoms with Crippen LogP contribution >= 0.6 is 0 Å². The summed E-state index contributed by atoms with van der Waals surface area (Å²) in [4.78, 5) is 32.6. The summed E-state index contributed by atoms with van der Waals surface area (Å²) in [6.07, 6.45) is 2.14. The first-order valence-electron chi connectivity index (χ1n) is 7.77. The van der Waals surface area contributed by atoms with Crippen LogP contribution in [0, 0.1) is 10.1 Å². The molecule has 0 fully saturated rings. The number of amides is 1. The fourth-order valence-corrected chi connectivity index (χ4v) is 2.21. The Morgan fingerprint density at radius 1 is 1.20 bits per heavy atom. The molecule has 0 spiro atoms. The number of aromatic amines is 1. The van der Waals surface area contributed by atoms with Gasteiger partial charge in [0.1, 0.15) is 5.69 Å². The van der Waals surface area contributed by atoms with Crippen LogP contribution in [0.1, 0.15) is 36.2 Å². The van der Waals surface area contributed by atoms with E-state index in [4.69, 9.17) is 5.11 Å². The van der Waals surface area contributed by atoms with Crippen LogP contribution in [0.5, 0.6) is 0 Å². The Kier molecular flexibility index (Phi) is 6.21. The number of carboxylic acids is 1. The number of H-pyrrole nitrogens is 1. The zero-order valence-corrected chi connectivity index (χ0v) is 13.4. The van der Waals surface area contributed by atoms with Crippen molar-refractivity contribution >= 4 is 17.6 Å². The third-order valence-corrected chi connectivity index (χ3v) is 3.55. The zero-order chi connectivity index (χ0) is 18.2. The fraction of sp³-hybridized carbons (Fsp3) is 0.312. The molecule has 0 atom stereocenters. The lowest BCUT2D eigenvalue weighted by molar-refractivity contribution is -0.384. The van der Waals surface area contributed by atoms with Crippen LogP contribution in [-0.4, -0.2) is 38.6 Å². The molecule has 2 aromatic rings. The molecule has 132 valence electrons. The van der Waals surface area contributed by atoms with Crippen LogP contribution in [-0.2, 0) is 4.79 Å². The molecule has 0 saturated heterocycles. The minimum Gasteiger partial charge on any atom is -0.481 e. The number of aliphatic carboxylic acids is 1. The predicted octanol–water partition coefficient (Wildman–Crippen LogP) is 2.36. The Morgan fingerprint density at radius 2 is 1.92 bits per heavy atom. The summed E-state index contributed by atoms with van der Waals surface area (Å²) in [5.74, 6) is -1.13. The van der Waals surface area contributed by atoms with Gasteiger partial charge >= 0.3 is 5.97 Å². The highest BCUT2D eigenvalue weighted by Crippen LogP contribution is 2.21. The van der Waals surface area contributed by atoms with E-state index in [2.05, 4.69) is 15.5 Å². The smallest absolute Gasteiger partial charge is 0.303 e. The largest absolute Gasteiger partial charge is 0.481 e. The van der Waals surface area contributed by atoms with Crippen LogP contribution in [0.25, 0.3) is 11.3 Å². The van der Waals surface area contributed by atoms with E-state index >= 15 is 0 Å². The third-order valence-electron chi connectivity index (χ3n) is 3.55. The Bertz CT molecular complexity index is 754. The van der Waals surface area contributed by atoms with Gasteiger partial charge < -0.3 is 10.4 Å². The highest BCUT2D eigenvalue weighted by molar-refractivity contribution is 5.93. The summed E-state index contributed by atoms with van der Waals surface area (Å²) >= 11 is 0. The number of carbonyl (C=O) groups excluding carboxylic acids is 1. The minimum absolute atomic E-state index is 0.0137. The molecule has 0 aliphatic rings. The zero-order valence-electron chi connectivity index (χ0n) is 13.4. The lowest BCUT2D eigenvalue weighted by Gasteiger charge is -2.02. The summed E-state index contributed by atoms with van der Waals surface area (Å²) in [6, 6.07) is 7.46. The van der Waals surface area contributed by atoms with Crippen molar-refractivity contribution in [3.63, 3.8) is 0 Å². The van der Waals surface area contributed by atoms with Crippen LogP contribution < -0.4 is 5.32 Å². The topological polar surface area (TPSA) is 138 Å². The molecule has 1 aromatic carbocycles. The third kappa shape index (κ3) is 5.41. The maximum atomic E-state index is 12.0. The maximum Gasteiger partial charge on any atom is 0.303 e. The quantitative estimate of drug-likeness (QED) is 0.362. The molecule has 3 N–H and O–H groups in total. The molecule has 9 nitrogen and oxygen atoms in total. The lowest BCUT2D eigenvalue weighted by Crippen LogP contribution is -2.24. The number of aromatic nitrogens is 2. The summed E-state index contributed by atoms with van der Waals surface area (Å²) < 4.78 is 0. The van der Waals surface area contributed by atoms with Gasteiger partial charge in [-0.15, -0.1) is 0 Å². The van der Waals surface area contributed by atoms with Crippen molar-refractivity contribution in [2.75, 3.05) is 6.54 Å². The van der Waals surface area contributed by atoms with Gasteiger partial charge in [0.2, 0.25) is 0 Å². The number of non-ortho nitro benzene ring substituents is 1. The first-order chi connectivity index (χ1) is 12.0. The van der Waals surface area contributed by atoms with Crippen molar-refractivity contribution in [1.82, 2.24) is 15.5 Å². The predicted molar refractivity (Wildman–Crippen MR) is 89.1 cm³/mol. The molecule has 0 bridgehead atoms. The fourth-order valence-electron chi connectivity index (χ4n) is 2.21. The van der Waals surface area contributed by atoms with E-state index in [-0.39, 0.29) is 18.0 Å². The lowest BCUT2D eigenvalue weighted by atomic mass is 10.1. The van der Waals surface area contributed by atoms with Gasteiger partial charge in [-0.25, -0.2) is 0 Å². The second kappa shape index (κ2) is 8.57. The molecule has 1 amide bonds. The number of hydrogen-bond acceptors (Lipinski definition) is 5. The van der Waals surface area contributed by atoms with Crippen LogP contribution in [0.15, 0.2) is 30.3 Å². The van der Waals surface area contributed by atoms with Gasteiger partial charge in [0.15, 0.2) is 0 Å². The van der Waals surface area contributed by atoms with Crippen LogP contribution in [0.2, 0.25) is 0 Å². The Morgan fingerprint density at radius 3 is 2.56 bits per heavy atom. The Balaban J connectivity index is 1.84. The van der Waals surface area contributed by atoms with Gasteiger partial charge in [0.05, 0.1) is 10.6 Å². The number of nitrogens with one attached hydrogen (secondary N) is 2. The van der Waals surface area contributed by atoms with Crippen molar-refractivity contribution in [1.29, 1.82) is 0 Å². The number of carboxylic acid groups (broad SMARTS) is 1. The summed E-state index contributed by atoms with van der Waals surface area (Å²) in [5.41, 5.74) is 1.45. The van der Waals surface area contributed by atoms with E-state index in [1.165, 1.54) is 12.1 Å².